The van der Waals surface area contributed by atoms with E-state index in [0.717, 1.165) is 84.1 Å². The van der Waals surface area contributed by atoms with Crippen molar-refractivity contribution in [2.24, 2.45) is 4.99 Å². The van der Waals surface area contributed by atoms with Crippen LogP contribution < -0.4 is 5.32 Å². The third-order valence-electron chi connectivity index (χ3n) is 6.69. The van der Waals surface area contributed by atoms with E-state index in [1.165, 1.54) is 12.8 Å². The molecule has 3 saturated heterocycles. The number of rotatable bonds is 6. The molecule has 170 valence electrons. The number of aliphatic imine (C=N–C) groups is 1. The van der Waals surface area contributed by atoms with Crippen LogP contribution in [0.1, 0.15) is 44.9 Å². The lowest BCUT2D eigenvalue weighted by molar-refractivity contribution is -0.0721. The maximum Gasteiger partial charge on any atom is 0.193 e. The number of guanidine groups is 1. The molecule has 7 nitrogen and oxygen atoms in total. The molecule has 0 amide bonds. The molecule has 3 aliphatic rings. The Morgan fingerprint density at radius 1 is 1.14 bits per heavy atom. The summed E-state index contributed by atoms with van der Waals surface area (Å²) in [6, 6.07) is 0. The lowest BCUT2D eigenvalue weighted by atomic mass is 9.88. The molecule has 1 unspecified atom stereocenters. The summed E-state index contributed by atoms with van der Waals surface area (Å²) in [5.41, 5.74) is 0.148. The molecule has 0 aromatic rings. The number of likely N-dealkylation sites (tertiary alicyclic amines) is 1. The van der Waals surface area contributed by atoms with E-state index in [4.69, 9.17) is 14.2 Å². The molecule has 0 aromatic heterocycles. The number of nitrogens with zero attached hydrogens (tertiary/aromatic N) is 3. The van der Waals surface area contributed by atoms with Crippen LogP contribution in [0.5, 0.6) is 0 Å². The van der Waals surface area contributed by atoms with Crippen LogP contribution in [0.2, 0.25) is 0 Å². The minimum Gasteiger partial charge on any atom is -0.381 e. The van der Waals surface area contributed by atoms with Gasteiger partial charge in [-0.15, -0.1) is 24.0 Å². The van der Waals surface area contributed by atoms with E-state index < -0.39 is 0 Å². The van der Waals surface area contributed by atoms with Gasteiger partial charge in [0.2, 0.25) is 0 Å². The van der Waals surface area contributed by atoms with Gasteiger partial charge in [-0.05, 0) is 59.0 Å². The fraction of sp³-hybridized carbons (Fsp3) is 0.952. The molecule has 3 aliphatic heterocycles. The number of likely N-dealkylation sites (N-methyl/N-ethyl adjacent to an activating group) is 1. The molecule has 3 rings (SSSR count). The first-order valence-electron chi connectivity index (χ1n) is 11.1. The first-order valence-corrected chi connectivity index (χ1v) is 11.1. The minimum absolute atomic E-state index is 0. The summed E-state index contributed by atoms with van der Waals surface area (Å²) in [7, 11) is 6.24. The minimum atomic E-state index is 0. The monoisotopic (exact) mass is 524 g/mol. The van der Waals surface area contributed by atoms with Gasteiger partial charge in [0.05, 0.1) is 18.8 Å². The van der Waals surface area contributed by atoms with Gasteiger partial charge in [0, 0.05) is 52.0 Å². The van der Waals surface area contributed by atoms with Gasteiger partial charge in [-0.25, -0.2) is 0 Å². The lowest BCUT2D eigenvalue weighted by Crippen LogP contribution is -2.58. The Hall–Kier alpha value is -0.160. The van der Waals surface area contributed by atoms with Crippen molar-refractivity contribution in [3.8, 4) is 0 Å². The van der Waals surface area contributed by atoms with Crippen molar-refractivity contribution in [2.45, 2.75) is 62.7 Å². The van der Waals surface area contributed by atoms with Gasteiger partial charge in [-0.1, -0.05) is 0 Å². The van der Waals surface area contributed by atoms with Crippen molar-refractivity contribution in [1.82, 2.24) is 15.1 Å². The van der Waals surface area contributed by atoms with Crippen molar-refractivity contribution in [2.75, 3.05) is 67.2 Å². The molecule has 0 aliphatic carbocycles. The van der Waals surface area contributed by atoms with Crippen molar-refractivity contribution >= 4 is 29.9 Å². The molecule has 1 N–H and O–H groups in total. The molecule has 8 heteroatoms. The normalized spacial score (nSPS) is 26.3. The van der Waals surface area contributed by atoms with Gasteiger partial charge < -0.3 is 29.3 Å². The SMILES string of the molecule is CN=C(NCC1(N(C)C)CCOCC1)N1CCC(OCC2CCCCO2)CC1.I. The molecule has 0 saturated carbocycles. The molecule has 0 aromatic carbocycles. The van der Waals surface area contributed by atoms with Crippen LogP contribution in [0.4, 0.5) is 0 Å². The summed E-state index contributed by atoms with van der Waals surface area (Å²) in [6.07, 6.45) is 8.50. The van der Waals surface area contributed by atoms with Gasteiger partial charge in [0.1, 0.15) is 0 Å². The summed E-state index contributed by atoms with van der Waals surface area (Å²) in [4.78, 5) is 9.28. The fourth-order valence-electron chi connectivity index (χ4n) is 4.53. The molecule has 1 atom stereocenters. The van der Waals surface area contributed by atoms with Crippen molar-refractivity contribution in [3.63, 3.8) is 0 Å². The van der Waals surface area contributed by atoms with E-state index >= 15 is 0 Å². The molecule has 0 radical (unpaired) electrons. The second-order valence-electron chi connectivity index (χ2n) is 8.64. The predicted octanol–water partition coefficient (Wildman–Crippen LogP) is 2.34. The van der Waals surface area contributed by atoms with Crippen molar-refractivity contribution in [1.29, 1.82) is 0 Å². The highest BCUT2D eigenvalue weighted by atomic mass is 127. The standard InChI is InChI=1S/C21H40N4O3.HI/c1-22-20(23-17-21(24(2)3)9-14-26-15-10-21)25-11-7-18(8-12-25)28-16-19-6-4-5-13-27-19;/h18-19H,4-17H2,1-3H3,(H,22,23);1H. The van der Waals surface area contributed by atoms with Gasteiger partial charge in [-0.2, -0.15) is 0 Å². The number of halogens is 1. The average Bonchev–Trinajstić information content (AvgIpc) is 2.75. The van der Waals surface area contributed by atoms with Gasteiger partial charge in [-0.3, -0.25) is 4.99 Å². The van der Waals surface area contributed by atoms with Crippen molar-refractivity contribution in [3.05, 3.63) is 0 Å². The molecule has 3 fully saturated rings. The number of piperidine rings is 1. The Bertz CT molecular complexity index is 486. The van der Waals surface area contributed by atoms with E-state index in [-0.39, 0.29) is 29.5 Å². The third-order valence-corrected chi connectivity index (χ3v) is 6.69. The summed E-state index contributed by atoms with van der Waals surface area (Å²) >= 11 is 0. The van der Waals surface area contributed by atoms with E-state index in [0.29, 0.717) is 12.2 Å². The number of ether oxygens (including phenoxy) is 3. The second kappa shape index (κ2) is 12.6. The Balaban J connectivity index is 0.00000300. The Morgan fingerprint density at radius 2 is 1.86 bits per heavy atom. The van der Waals surface area contributed by atoms with E-state index in [9.17, 15) is 0 Å². The average molecular weight is 524 g/mol. The highest BCUT2D eigenvalue weighted by Crippen LogP contribution is 2.25. The Kier molecular flexibility index (Phi) is 10.9. The fourth-order valence-corrected chi connectivity index (χ4v) is 4.53. The molecule has 0 spiro atoms. The predicted molar refractivity (Wildman–Crippen MR) is 127 cm³/mol. The van der Waals surface area contributed by atoms with E-state index in [1.54, 1.807) is 0 Å². The highest BCUT2D eigenvalue weighted by Gasteiger charge is 2.35. The van der Waals surface area contributed by atoms with Crippen LogP contribution in [0.3, 0.4) is 0 Å². The zero-order chi connectivity index (χ0) is 19.8. The number of hydrogen-bond donors (Lipinski definition) is 1. The maximum absolute atomic E-state index is 6.15. The van der Waals surface area contributed by atoms with Crippen LogP contribution in [0, 0.1) is 0 Å². The number of nitrogens with one attached hydrogen (secondary N) is 1. The summed E-state index contributed by atoms with van der Waals surface area (Å²) in [6.45, 7) is 6.23. The molecular weight excluding hydrogens is 483 g/mol. The molecule has 3 heterocycles. The van der Waals surface area contributed by atoms with E-state index in [1.807, 2.05) is 7.05 Å². The van der Waals surface area contributed by atoms with Gasteiger partial charge >= 0.3 is 0 Å². The van der Waals surface area contributed by atoms with Crippen LogP contribution in [0.15, 0.2) is 4.99 Å². The largest absolute Gasteiger partial charge is 0.381 e. The lowest BCUT2D eigenvalue weighted by Gasteiger charge is -2.44. The van der Waals surface area contributed by atoms with Gasteiger partial charge in [0.25, 0.3) is 0 Å². The van der Waals surface area contributed by atoms with Crippen LogP contribution >= 0.6 is 24.0 Å². The summed E-state index contributed by atoms with van der Waals surface area (Å²) in [5, 5.41) is 3.65. The molecule has 29 heavy (non-hydrogen) atoms. The first-order chi connectivity index (χ1) is 13.6. The molecule has 0 bridgehead atoms. The van der Waals surface area contributed by atoms with Crippen LogP contribution in [-0.4, -0.2) is 101 Å². The second-order valence-corrected chi connectivity index (χ2v) is 8.64. The van der Waals surface area contributed by atoms with Gasteiger partial charge in [0.15, 0.2) is 5.96 Å². The topological polar surface area (TPSA) is 58.6 Å². The smallest absolute Gasteiger partial charge is 0.193 e. The summed E-state index contributed by atoms with van der Waals surface area (Å²) in [5.74, 6) is 1.02. The summed E-state index contributed by atoms with van der Waals surface area (Å²) < 4.78 is 17.5. The first kappa shape index (κ1) is 25.1. The van der Waals surface area contributed by atoms with Crippen molar-refractivity contribution < 1.29 is 14.2 Å². The zero-order valence-electron chi connectivity index (χ0n) is 18.5. The third kappa shape index (κ3) is 7.19. The Labute approximate surface area is 193 Å². The quantitative estimate of drug-likeness (QED) is 0.327. The molecular formula is C21H41IN4O3. The van der Waals surface area contributed by atoms with Crippen LogP contribution in [-0.2, 0) is 14.2 Å². The van der Waals surface area contributed by atoms with Crippen LogP contribution in [0.25, 0.3) is 0 Å². The Morgan fingerprint density at radius 3 is 2.45 bits per heavy atom. The maximum atomic E-state index is 6.15. The highest BCUT2D eigenvalue weighted by molar-refractivity contribution is 14.0. The number of hydrogen-bond acceptors (Lipinski definition) is 5. The van der Waals surface area contributed by atoms with E-state index in [2.05, 4.69) is 34.2 Å². The zero-order valence-corrected chi connectivity index (χ0v) is 20.9.